The molecule has 22 heavy (non-hydrogen) atoms. The maximum absolute atomic E-state index is 4.59. The van der Waals surface area contributed by atoms with Gasteiger partial charge in [-0.3, -0.25) is 0 Å². The van der Waals surface area contributed by atoms with Crippen LogP contribution >= 0.6 is 11.8 Å². The first kappa shape index (κ1) is 14.5. The summed E-state index contributed by atoms with van der Waals surface area (Å²) in [6.45, 7) is 0. The molecule has 0 radical (unpaired) electrons. The Morgan fingerprint density at radius 1 is 1.18 bits per heavy atom. The first-order chi connectivity index (χ1) is 10.7. The van der Waals surface area contributed by atoms with Gasteiger partial charge < -0.3 is 4.90 Å². The molecular formula is C15H16N6S. The van der Waals surface area contributed by atoms with Crippen molar-refractivity contribution in [2.24, 2.45) is 4.99 Å². The van der Waals surface area contributed by atoms with E-state index in [0.717, 1.165) is 16.9 Å². The third-order valence-corrected chi connectivity index (χ3v) is 3.49. The normalized spacial score (nSPS) is 11.4. The van der Waals surface area contributed by atoms with Gasteiger partial charge in [0.05, 0.1) is 12.0 Å². The molecule has 0 aliphatic carbocycles. The number of thioether (sulfide) groups is 1. The van der Waals surface area contributed by atoms with Crippen molar-refractivity contribution < 1.29 is 0 Å². The van der Waals surface area contributed by atoms with E-state index in [0.29, 0.717) is 11.1 Å². The molecule has 0 fully saturated rings. The summed E-state index contributed by atoms with van der Waals surface area (Å²) >= 11 is 1.49. The Morgan fingerprint density at radius 2 is 1.95 bits per heavy atom. The van der Waals surface area contributed by atoms with Gasteiger partial charge in [0, 0.05) is 25.7 Å². The van der Waals surface area contributed by atoms with Crippen molar-refractivity contribution in [1.29, 1.82) is 0 Å². The highest BCUT2D eigenvalue weighted by Gasteiger charge is 2.11. The van der Waals surface area contributed by atoms with E-state index in [1.807, 2.05) is 61.6 Å². The predicted molar refractivity (Wildman–Crippen MR) is 89.8 cm³/mol. The van der Waals surface area contributed by atoms with E-state index in [1.165, 1.54) is 11.8 Å². The largest absolute Gasteiger partial charge is 0.369 e. The van der Waals surface area contributed by atoms with Crippen LogP contribution in [0.1, 0.15) is 0 Å². The topological polar surface area (TPSA) is 58.7 Å². The van der Waals surface area contributed by atoms with Crippen LogP contribution in [-0.4, -0.2) is 51.2 Å². The van der Waals surface area contributed by atoms with Crippen LogP contribution < -0.4 is 0 Å². The summed E-state index contributed by atoms with van der Waals surface area (Å²) in [6.07, 6.45) is 3.65. The Labute approximate surface area is 132 Å². The average molecular weight is 312 g/mol. The second-order valence-electron chi connectivity index (χ2n) is 4.88. The number of benzene rings is 1. The number of hydrogen-bond acceptors (Lipinski definition) is 5. The van der Waals surface area contributed by atoms with Crippen LogP contribution in [0.5, 0.6) is 0 Å². The number of aromatic nitrogens is 4. The van der Waals surface area contributed by atoms with Crippen LogP contribution in [0.2, 0.25) is 0 Å². The van der Waals surface area contributed by atoms with E-state index in [-0.39, 0.29) is 0 Å². The first-order valence-corrected chi connectivity index (χ1v) is 7.97. The van der Waals surface area contributed by atoms with Crippen molar-refractivity contribution in [2.75, 3.05) is 20.4 Å². The van der Waals surface area contributed by atoms with Gasteiger partial charge in [0.2, 0.25) is 0 Å². The van der Waals surface area contributed by atoms with Gasteiger partial charge in [0.25, 0.3) is 5.95 Å². The highest BCUT2D eigenvalue weighted by Crippen LogP contribution is 2.23. The molecule has 0 N–H and O–H groups in total. The Morgan fingerprint density at radius 3 is 2.64 bits per heavy atom. The Balaban J connectivity index is 2.15. The molecule has 6 nitrogen and oxygen atoms in total. The van der Waals surface area contributed by atoms with Gasteiger partial charge >= 0.3 is 0 Å². The van der Waals surface area contributed by atoms with Gasteiger partial charge in [0.15, 0.2) is 10.8 Å². The summed E-state index contributed by atoms with van der Waals surface area (Å²) in [4.78, 5) is 15.2. The number of hydrogen-bond donors (Lipinski definition) is 0. The lowest BCUT2D eigenvalue weighted by atomic mass is 10.2. The third-order valence-electron chi connectivity index (χ3n) is 2.94. The number of aliphatic imine (C=N–C) groups is 1. The molecule has 0 aliphatic rings. The fourth-order valence-corrected chi connectivity index (χ4v) is 2.30. The second kappa shape index (κ2) is 6.15. The molecule has 0 atom stereocenters. The minimum absolute atomic E-state index is 0.519. The van der Waals surface area contributed by atoms with Gasteiger partial charge in [0.1, 0.15) is 0 Å². The van der Waals surface area contributed by atoms with E-state index in [1.54, 1.807) is 10.9 Å². The van der Waals surface area contributed by atoms with Crippen molar-refractivity contribution in [3.8, 4) is 11.3 Å². The number of fused-ring (bicyclic) bond motifs is 1. The maximum Gasteiger partial charge on any atom is 0.256 e. The molecule has 0 spiro atoms. The van der Waals surface area contributed by atoms with E-state index >= 15 is 0 Å². The van der Waals surface area contributed by atoms with Gasteiger partial charge in [-0.25, -0.2) is 9.98 Å². The van der Waals surface area contributed by atoms with Gasteiger partial charge in [-0.15, -0.1) is 0 Å². The van der Waals surface area contributed by atoms with Crippen molar-refractivity contribution in [2.45, 2.75) is 5.16 Å². The quantitative estimate of drug-likeness (QED) is 0.421. The van der Waals surface area contributed by atoms with Gasteiger partial charge in [-0.1, -0.05) is 42.1 Å². The Kier molecular flexibility index (Phi) is 4.06. The monoisotopic (exact) mass is 312 g/mol. The van der Waals surface area contributed by atoms with E-state index in [9.17, 15) is 0 Å². The molecular weight excluding hydrogens is 296 g/mol. The Bertz CT molecular complexity index is 810. The molecule has 3 rings (SSSR count). The molecule has 2 heterocycles. The summed E-state index contributed by atoms with van der Waals surface area (Å²) in [5.74, 6) is 0.519. The molecule has 7 heteroatoms. The van der Waals surface area contributed by atoms with E-state index in [4.69, 9.17) is 0 Å². The molecule has 112 valence electrons. The second-order valence-corrected chi connectivity index (χ2v) is 5.66. The molecule has 0 bridgehead atoms. The van der Waals surface area contributed by atoms with E-state index in [2.05, 4.69) is 20.1 Å². The zero-order valence-corrected chi connectivity index (χ0v) is 13.4. The summed E-state index contributed by atoms with van der Waals surface area (Å²) in [5.41, 5.74) is 2.64. The van der Waals surface area contributed by atoms with Crippen LogP contribution in [0.4, 0.5) is 5.95 Å². The molecule has 1 aromatic carbocycles. The molecule has 0 amide bonds. The summed E-state index contributed by atoms with van der Waals surface area (Å²) in [5, 5.41) is 5.27. The van der Waals surface area contributed by atoms with Gasteiger partial charge in [-0.05, 0) is 6.26 Å². The Hall–Kier alpha value is -2.41. The molecule has 0 saturated carbocycles. The molecule has 0 saturated heterocycles. The van der Waals surface area contributed by atoms with Crippen LogP contribution in [-0.2, 0) is 0 Å². The zero-order valence-electron chi connectivity index (χ0n) is 12.6. The minimum Gasteiger partial charge on any atom is -0.369 e. The standard InChI is InChI=1S/C15H16N6S/c1-20(2)10-16-14-18-15(22-3)17-13-9-12(19-21(13)14)11-7-5-4-6-8-11/h4-10H,1-3H3/b16-10+. The maximum atomic E-state index is 4.59. The minimum atomic E-state index is 0.519. The smallest absolute Gasteiger partial charge is 0.256 e. The van der Waals surface area contributed by atoms with Gasteiger partial charge in [-0.2, -0.15) is 14.6 Å². The predicted octanol–water partition coefficient (Wildman–Crippen LogP) is 2.73. The first-order valence-electron chi connectivity index (χ1n) is 6.75. The lowest BCUT2D eigenvalue weighted by molar-refractivity contribution is 0.641. The van der Waals surface area contributed by atoms with Crippen molar-refractivity contribution in [3.63, 3.8) is 0 Å². The highest BCUT2D eigenvalue weighted by molar-refractivity contribution is 7.98. The van der Waals surface area contributed by atoms with Crippen molar-refractivity contribution >= 4 is 29.7 Å². The highest BCUT2D eigenvalue weighted by atomic mass is 32.2. The summed E-state index contributed by atoms with van der Waals surface area (Å²) in [7, 11) is 3.83. The number of rotatable bonds is 4. The average Bonchev–Trinajstić information content (AvgIpc) is 2.97. The van der Waals surface area contributed by atoms with Crippen LogP contribution in [0.15, 0.2) is 46.5 Å². The fourth-order valence-electron chi connectivity index (χ4n) is 1.95. The fraction of sp³-hybridized carbons (Fsp3) is 0.200. The third kappa shape index (κ3) is 2.94. The molecule has 2 aromatic heterocycles. The van der Waals surface area contributed by atoms with E-state index < -0.39 is 0 Å². The summed E-state index contributed by atoms with van der Waals surface area (Å²) < 4.78 is 1.67. The summed E-state index contributed by atoms with van der Waals surface area (Å²) in [6, 6.07) is 12.0. The van der Waals surface area contributed by atoms with Crippen LogP contribution in [0.3, 0.4) is 0 Å². The molecule has 0 aliphatic heterocycles. The van der Waals surface area contributed by atoms with Crippen LogP contribution in [0.25, 0.3) is 16.9 Å². The number of nitrogens with zero attached hydrogens (tertiary/aromatic N) is 6. The SMILES string of the molecule is CSc1nc(/N=C/N(C)C)n2nc(-c3ccccc3)cc2n1. The molecule has 3 aromatic rings. The lowest BCUT2D eigenvalue weighted by Crippen LogP contribution is -2.08. The van der Waals surface area contributed by atoms with Crippen molar-refractivity contribution in [1.82, 2.24) is 24.5 Å². The van der Waals surface area contributed by atoms with Crippen LogP contribution in [0, 0.1) is 0 Å². The zero-order chi connectivity index (χ0) is 15.5. The lowest BCUT2D eigenvalue weighted by Gasteiger charge is -2.04. The molecule has 0 unspecified atom stereocenters. The van der Waals surface area contributed by atoms with Crippen molar-refractivity contribution in [3.05, 3.63) is 36.4 Å².